The van der Waals surface area contributed by atoms with Gasteiger partial charge in [-0.1, -0.05) is 514 Å². The van der Waals surface area contributed by atoms with Crippen LogP contribution >= 0.6 is 22.7 Å². The van der Waals surface area contributed by atoms with Gasteiger partial charge >= 0.3 is 0 Å². The zero-order valence-electron chi connectivity index (χ0n) is 74.5. The first kappa shape index (κ1) is 98.8. The van der Waals surface area contributed by atoms with Crippen molar-refractivity contribution in [3.8, 4) is 18.2 Å². The second kappa shape index (κ2) is 68.2. The summed E-state index contributed by atoms with van der Waals surface area (Å²) in [5.41, 5.74) is 3.72. The van der Waals surface area contributed by atoms with Gasteiger partial charge in [0.05, 0.1) is 10.6 Å². The summed E-state index contributed by atoms with van der Waals surface area (Å²) in [5, 5.41) is 40.4. The van der Waals surface area contributed by atoms with Gasteiger partial charge in [-0.15, -0.1) is 22.7 Å². The minimum Gasteiger partial charge on any atom is -0.193 e. The topological polar surface area (TPSA) is 71.4 Å². The smallest absolute Gasteiger partial charge is 0.147 e. The molecule has 1 aliphatic heterocycles. The molecule has 0 N–H and O–H groups in total. The van der Waals surface area contributed by atoms with Crippen LogP contribution in [-0.4, -0.2) is 8.07 Å². The van der Waals surface area contributed by atoms with E-state index in [0.717, 1.165) is 29.4 Å². The Kier molecular flexibility index (Phi) is 60.2. The molecule has 4 aromatic rings. The molecule has 2 aromatic carbocycles. The number of unbranched alkanes of at least 4 members (excludes halogenated alkanes) is 68. The van der Waals surface area contributed by atoms with Crippen LogP contribution in [0.3, 0.4) is 0 Å². The lowest BCUT2D eigenvalue weighted by Gasteiger charge is -2.31. The largest absolute Gasteiger partial charge is 0.193 e. The van der Waals surface area contributed by atoms with E-state index in [1.54, 1.807) is 21.7 Å². The van der Waals surface area contributed by atoms with Gasteiger partial charge in [-0.25, -0.2) is 0 Å². The Bertz CT molecular complexity index is 3480. The van der Waals surface area contributed by atoms with Crippen LogP contribution in [0.5, 0.6) is 0 Å². The summed E-state index contributed by atoms with van der Waals surface area (Å²) in [4.78, 5) is 0. The fourth-order valence-electron chi connectivity index (χ4n) is 18.8. The molecule has 0 spiro atoms. The zero-order chi connectivity index (χ0) is 79.5. The maximum Gasteiger partial charge on any atom is 0.147 e. The van der Waals surface area contributed by atoms with Crippen LogP contribution in [0.2, 0.25) is 12.1 Å². The Morgan fingerprint density at radius 2 is 0.473 bits per heavy atom. The predicted molar refractivity (Wildman–Crippen MR) is 500 cm³/mol. The maximum absolute atomic E-state index is 10.5. The van der Waals surface area contributed by atoms with Crippen molar-refractivity contribution in [2.24, 2.45) is 0 Å². The highest BCUT2D eigenvalue weighted by Crippen LogP contribution is 2.31. The summed E-state index contributed by atoms with van der Waals surface area (Å²) < 4.78 is 4.67. The highest BCUT2D eigenvalue weighted by Gasteiger charge is 2.41. The molecule has 3 heterocycles. The van der Waals surface area contributed by atoms with Crippen molar-refractivity contribution in [3.63, 3.8) is 0 Å². The molecular weight excluding hydrogens is 1410 g/mol. The van der Waals surface area contributed by atoms with Gasteiger partial charge in [-0.2, -0.15) is 15.8 Å². The van der Waals surface area contributed by atoms with E-state index in [2.05, 4.69) is 101 Å². The molecule has 6 heteroatoms. The standard InChI is InChI=1S/C106H175N3S2Si/c1-6-10-14-18-22-26-30-34-38-42-46-50-54-58-62-66-70-74-78-96-86-101(110-105(96)93(5)90-107)94-80-82-99-100-83-81-95(102-87-97(106(111-102)98(91-108)92-109)79-75-71-67-63-59-55-51-47-43-39-35-31-27-23-19-15-11-7-2)89-104(100)112(103(99)88-94,84-76-72-68-64-60-56-52-48-44-40-36-32-28-24-20-16-12-8-3)85-77-73-69-65-61-57-53-49-45-41-37-33-29-25-21-17-13-9-4/h80-83,86-89H,6-79,84-85H2,1-5H3/b101-94-,102-95-,105-93+. The molecule has 0 radical (unpaired) electrons. The number of fused-ring (bicyclic) bond motifs is 2. The monoisotopic (exact) mass is 1580 g/mol. The molecule has 0 saturated carbocycles. The highest BCUT2D eigenvalue weighted by atomic mass is 32.1. The number of hydrogen-bond donors (Lipinski definition) is 0. The number of nitriles is 3. The summed E-state index contributed by atoms with van der Waals surface area (Å²) in [6.07, 6.45) is 102. The predicted octanol–water partition coefficient (Wildman–Crippen LogP) is 33.7. The number of thiophene rings is 2. The van der Waals surface area contributed by atoms with Crippen LogP contribution in [0.25, 0.3) is 11.1 Å². The van der Waals surface area contributed by atoms with Crippen molar-refractivity contribution in [2.45, 2.75) is 522 Å². The first-order valence-corrected chi connectivity index (χ1v) is 53.9. The fraction of sp³-hybridized carbons (Fsp3) is 0.764. The Hall–Kier alpha value is -3.73. The average molecular weight is 1580 g/mol. The van der Waals surface area contributed by atoms with Gasteiger partial charge in [0.2, 0.25) is 0 Å². The molecule has 0 saturated heterocycles. The highest BCUT2D eigenvalue weighted by molar-refractivity contribution is 7.08. The Morgan fingerprint density at radius 1 is 0.259 bits per heavy atom. The summed E-state index contributed by atoms with van der Waals surface area (Å²) in [6, 6.07) is 30.1. The van der Waals surface area contributed by atoms with E-state index in [-0.39, 0.29) is 5.57 Å². The molecule has 0 unspecified atom stereocenters. The lowest BCUT2D eigenvalue weighted by atomic mass is 10.0. The van der Waals surface area contributed by atoms with Gasteiger partial charge in [0.1, 0.15) is 25.8 Å². The van der Waals surface area contributed by atoms with Crippen molar-refractivity contribution < 1.29 is 0 Å². The summed E-state index contributed by atoms with van der Waals surface area (Å²) in [6.45, 7) is 11.3. The van der Waals surface area contributed by atoms with E-state index in [1.807, 2.05) is 11.3 Å². The molecular formula is C106H175N3S2Si. The molecule has 0 atom stereocenters. The van der Waals surface area contributed by atoms with E-state index in [9.17, 15) is 15.8 Å². The third-order valence-corrected chi connectivity index (χ3v) is 33.9. The molecule has 2 aromatic heterocycles. The number of rotatable bonds is 76. The molecule has 0 aliphatic carbocycles. The molecule has 112 heavy (non-hydrogen) atoms. The number of nitrogens with zero attached hydrogens (tertiary/aromatic N) is 3. The van der Waals surface area contributed by atoms with E-state index in [4.69, 9.17) is 0 Å². The fourth-order valence-corrected chi connectivity index (χ4v) is 26.7. The van der Waals surface area contributed by atoms with Gasteiger partial charge in [-0.05, 0) is 99.2 Å². The Balaban J connectivity index is 1.35. The van der Waals surface area contributed by atoms with Crippen molar-refractivity contribution in [2.75, 3.05) is 0 Å². The SMILES string of the molecule is CCCCCCCCCCCCCCCCCCCCc1c/c(=c2\ccc3c(c2)[Si](CCCCCCCCCCCCCCCCCCCC)(CCCCCCCCCCCCCCCCCCCC)c2c/c(=c4/cc(CCCCCCCCCCCCCCCCCCCC)/c(=C(/C)C#N)s4)ccc2=3)sc1=C(C#N)C#N. The summed E-state index contributed by atoms with van der Waals surface area (Å²) in [5.74, 6) is 0. The second-order valence-corrected chi connectivity index (χ2v) is 42.3. The van der Waals surface area contributed by atoms with Crippen LogP contribution < -0.4 is 19.4 Å². The van der Waals surface area contributed by atoms with Gasteiger partial charge in [-0.3, -0.25) is 0 Å². The van der Waals surface area contributed by atoms with E-state index in [0.29, 0.717) is 0 Å². The van der Waals surface area contributed by atoms with Gasteiger partial charge in [0.15, 0.2) is 0 Å². The molecule has 5 rings (SSSR count). The van der Waals surface area contributed by atoms with Crippen LogP contribution in [0, 0.1) is 63.9 Å². The van der Waals surface area contributed by atoms with E-state index in [1.165, 1.54) is 514 Å². The average Bonchev–Trinajstić information content (AvgIpc) is 1.56. The number of hydrogen-bond acceptors (Lipinski definition) is 5. The van der Waals surface area contributed by atoms with Gasteiger partial charge in [0, 0.05) is 19.2 Å². The lowest BCUT2D eigenvalue weighted by molar-refractivity contribution is 0.525. The summed E-state index contributed by atoms with van der Waals surface area (Å²) in [7, 11) is -2.38. The second-order valence-electron chi connectivity index (χ2n) is 35.9. The summed E-state index contributed by atoms with van der Waals surface area (Å²) >= 11 is 3.59. The van der Waals surface area contributed by atoms with Crippen LogP contribution in [0.4, 0.5) is 0 Å². The first-order valence-electron chi connectivity index (χ1n) is 49.9. The molecule has 0 bridgehead atoms. The first-order chi connectivity index (χ1) is 55.4. The zero-order valence-corrected chi connectivity index (χ0v) is 77.2. The van der Waals surface area contributed by atoms with Crippen molar-refractivity contribution in [3.05, 3.63) is 98.7 Å². The lowest BCUT2D eigenvalue weighted by Crippen LogP contribution is -2.56. The Labute approximate surface area is 701 Å². The van der Waals surface area contributed by atoms with Crippen molar-refractivity contribution in [1.82, 2.24) is 0 Å². The van der Waals surface area contributed by atoms with Gasteiger partial charge < -0.3 is 0 Å². The minimum atomic E-state index is -2.38. The Morgan fingerprint density at radius 3 is 0.705 bits per heavy atom. The van der Waals surface area contributed by atoms with E-state index >= 15 is 0 Å². The van der Waals surface area contributed by atoms with Crippen LogP contribution in [0.1, 0.15) is 508 Å². The third kappa shape index (κ3) is 42.6. The molecule has 1 aliphatic rings. The molecule has 0 fully saturated rings. The van der Waals surface area contributed by atoms with Crippen molar-refractivity contribution >= 4 is 52.3 Å². The van der Waals surface area contributed by atoms with E-state index < -0.39 is 8.07 Å². The molecule has 630 valence electrons. The molecule has 3 nitrogen and oxygen atoms in total. The number of benzene rings is 2. The van der Waals surface area contributed by atoms with Crippen LogP contribution in [-0.2, 0) is 12.8 Å². The number of aryl methyl sites for hydroxylation is 2. The van der Waals surface area contributed by atoms with Crippen LogP contribution in [0.15, 0.2) is 48.5 Å². The normalized spacial score (nSPS) is 13.2. The minimum absolute atomic E-state index is 0.277. The maximum atomic E-state index is 10.5. The third-order valence-electron chi connectivity index (χ3n) is 26.0. The van der Waals surface area contributed by atoms with Gasteiger partial charge in [0.25, 0.3) is 0 Å². The quantitative estimate of drug-likeness (QED) is 0.0327. The molecule has 0 amide bonds. The van der Waals surface area contributed by atoms with Crippen molar-refractivity contribution in [1.29, 1.82) is 15.8 Å².